The van der Waals surface area contributed by atoms with Crippen molar-refractivity contribution in [1.82, 2.24) is 4.72 Å². The van der Waals surface area contributed by atoms with Crippen LogP contribution in [0, 0.1) is 6.92 Å². The van der Waals surface area contributed by atoms with Gasteiger partial charge in [0.25, 0.3) is 0 Å². The summed E-state index contributed by atoms with van der Waals surface area (Å²) in [6.45, 7) is 6.05. The van der Waals surface area contributed by atoms with Crippen LogP contribution in [0.25, 0.3) is 0 Å². The van der Waals surface area contributed by atoms with Gasteiger partial charge in [-0.2, -0.15) is 0 Å². The number of aryl methyl sites for hydroxylation is 1. The van der Waals surface area contributed by atoms with E-state index in [-0.39, 0.29) is 4.90 Å². The van der Waals surface area contributed by atoms with Crippen molar-refractivity contribution >= 4 is 41.9 Å². The topological polar surface area (TPSA) is 55.4 Å². The number of hydrogen-bond acceptors (Lipinski definition) is 3. The van der Waals surface area contributed by atoms with Gasteiger partial charge in [-0.25, -0.2) is 13.1 Å². The molecule has 0 atom stereocenters. The first-order valence-electron chi connectivity index (χ1n) is 5.56. The largest absolute Gasteiger partial charge is 0.502 e. The maximum absolute atomic E-state index is 12.1. The molecule has 1 N–H and O–H groups in total. The summed E-state index contributed by atoms with van der Waals surface area (Å²) in [4.78, 5) is 0.217. The van der Waals surface area contributed by atoms with Crippen molar-refractivity contribution in [3.63, 3.8) is 0 Å². The second-order valence-electron chi connectivity index (χ2n) is 3.82. The molecule has 0 aliphatic rings. The summed E-state index contributed by atoms with van der Waals surface area (Å²) in [5.74, 6) is 0. The van der Waals surface area contributed by atoms with E-state index in [1.165, 1.54) is 6.26 Å². The molecule has 7 heteroatoms. The van der Waals surface area contributed by atoms with Crippen LogP contribution in [0.3, 0.4) is 0 Å². The van der Waals surface area contributed by atoms with Crippen molar-refractivity contribution in [1.29, 1.82) is 0 Å². The van der Waals surface area contributed by atoms with Crippen molar-refractivity contribution in [2.75, 3.05) is 13.2 Å². The van der Waals surface area contributed by atoms with E-state index in [4.69, 9.17) is 4.74 Å². The van der Waals surface area contributed by atoms with E-state index in [1.54, 1.807) is 12.1 Å². The molecular formula is C12H15Br2NO3S. The van der Waals surface area contributed by atoms with Gasteiger partial charge < -0.3 is 4.74 Å². The molecule has 4 nitrogen and oxygen atoms in total. The summed E-state index contributed by atoms with van der Waals surface area (Å²) in [5, 5.41) is 0. The van der Waals surface area contributed by atoms with Gasteiger partial charge in [-0.05, 0) is 47.0 Å². The van der Waals surface area contributed by atoms with Gasteiger partial charge >= 0.3 is 0 Å². The van der Waals surface area contributed by atoms with Gasteiger partial charge in [-0.3, -0.25) is 0 Å². The summed E-state index contributed by atoms with van der Waals surface area (Å²) < 4.78 is 33.0. The lowest BCUT2D eigenvalue weighted by Gasteiger charge is -2.10. The Morgan fingerprint density at radius 3 is 2.68 bits per heavy atom. The monoisotopic (exact) mass is 411 g/mol. The molecular weight excluding hydrogens is 398 g/mol. The van der Waals surface area contributed by atoms with E-state index in [0.717, 1.165) is 10.0 Å². The summed E-state index contributed by atoms with van der Waals surface area (Å²) in [7, 11) is -3.53. The van der Waals surface area contributed by atoms with E-state index in [9.17, 15) is 8.42 Å². The van der Waals surface area contributed by atoms with Crippen molar-refractivity contribution in [3.05, 3.63) is 39.5 Å². The van der Waals surface area contributed by atoms with E-state index in [2.05, 4.69) is 43.2 Å². The fourth-order valence-electron chi connectivity index (χ4n) is 1.36. The highest BCUT2D eigenvalue weighted by atomic mass is 79.9. The second kappa shape index (κ2) is 7.42. The van der Waals surface area contributed by atoms with E-state index < -0.39 is 10.0 Å². The van der Waals surface area contributed by atoms with Gasteiger partial charge in [0.2, 0.25) is 10.0 Å². The highest BCUT2D eigenvalue weighted by Gasteiger charge is 2.18. The standard InChI is InChI=1S/C12H15Br2NO3S/c1-3-18-6-4-5-15-19(16,17)12-8-10(13)9(2)7-11(12)14/h3,7-8,15H,1,4-6H2,2H3. The van der Waals surface area contributed by atoms with Crippen LogP contribution in [0.15, 0.2) is 38.8 Å². The minimum atomic E-state index is -3.53. The molecule has 0 aromatic heterocycles. The Kier molecular flexibility index (Phi) is 6.52. The number of benzene rings is 1. The van der Waals surface area contributed by atoms with Crippen LogP contribution in [0.4, 0.5) is 0 Å². The molecule has 0 amide bonds. The second-order valence-corrected chi connectivity index (χ2v) is 7.26. The first kappa shape index (κ1) is 16.7. The Labute approximate surface area is 130 Å². The molecule has 0 aliphatic carbocycles. The molecule has 0 aliphatic heterocycles. The molecule has 0 saturated heterocycles. The third-order valence-electron chi connectivity index (χ3n) is 2.35. The zero-order valence-corrected chi connectivity index (χ0v) is 14.4. The van der Waals surface area contributed by atoms with Gasteiger partial charge in [0.15, 0.2) is 0 Å². The van der Waals surface area contributed by atoms with E-state index >= 15 is 0 Å². The minimum Gasteiger partial charge on any atom is -0.502 e. The number of ether oxygens (including phenoxy) is 1. The van der Waals surface area contributed by atoms with Gasteiger partial charge in [-0.1, -0.05) is 22.5 Å². The zero-order chi connectivity index (χ0) is 14.5. The van der Waals surface area contributed by atoms with Gasteiger partial charge in [-0.15, -0.1) is 0 Å². The Morgan fingerprint density at radius 2 is 2.05 bits per heavy atom. The molecule has 0 fully saturated rings. The molecule has 1 rings (SSSR count). The summed E-state index contributed by atoms with van der Waals surface area (Å²) in [6.07, 6.45) is 1.91. The highest BCUT2D eigenvalue weighted by Crippen LogP contribution is 2.28. The predicted octanol–water partition coefficient (Wildman–Crippen LogP) is 3.35. The number of nitrogens with one attached hydrogen (secondary N) is 1. The van der Waals surface area contributed by atoms with Gasteiger partial charge in [0.05, 0.1) is 17.8 Å². The quantitative estimate of drug-likeness (QED) is 0.551. The SMILES string of the molecule is C=COCCCNS(=O)(=O)c1cc(Br)c(C)cc1Br. The average molecular weight is 413 g/mol. The van der Waals surface area contributed by atoms with Crippen molar-refractivity contribution in [2.45, 2.75) is 18.2 Å². The van der Waals surface area contributed by atoms with Crippen LogP contribution in [0.1, 0.15) is 12.0 Å². The van der Waals surface area contributed by atoms with Crippen LogP contribution in [0.5, 0.6) is 0 Å². The lowest BCUT2D eigenvalue weighted by atomic mass is 10.2. The Bertz CT molecular complexity index is 558. The molecule has 0 radical (unpaired) electrons. The maximum atomic E-state index is 12.1. The molecule has 19 heavy (non-hydrogen) atoms. The molecule has 1 aromatic rings. The van der Waals surface area contributed by atoms with Crippen LogP contribution < -0.4 is 4.72 Å². The minimum absolute atomic E-state index is 0.217. The first-order chi connectivity index (χ1) is 8.88. The van der Waals surface area contributed by atoms with Crippen molar-refractivity contribution in [2.24, 2.45) is 0 Å². The average Bonchev–Trinajstić information content (AvgIpc) is 2.33. The van der Waals surface area contributed by atoms with E-state index in [1.807, 2.05) is 6.92 Å². The zero-order valence-electron chi connectivity index (χ0n) is 10.4. The van der Waals surface area contributed by atoms with Crippen LogP contribution in [0.2, 0.25) is 0 Å². The molecule has 0 bridgehead atoms. The smallest absolute Gasteiger partial charge is 0.241 e. The van der Waals surface area contributed by atoms with Crippen LogP contribution in [-0.2, 0) is 14.8 Å². The summed E-state index contributed by atoms with van der Waals surface area (Å²) in [6, 6.07) is 3.35. The molecule has 0 heterocycles. The van der Waals surface area contributed by atoms with Crippen LogP contribution in [-0.4, -0.2) is 21.6 Å². The number of rotatable bonds is 7. The lowest BCUT2D eigenvalue weighted by molar-refractivity contribution is 0.247. The molecule has 0 unspecified atom stereocenters. The highest BCUT2D eigenvalue weighted by molar-refractivity contribution is 9.11. The molecule has 0 saturated carbocycles. The fraction of sp³-hybridized carbons (Fsp3) is 0.333. The molecule has 1 aromatic carbocycles. The first-order valence-corrected chi connectivity index (χ1v) is 8.63. The van der Waals surface area contributed by atoms with Crippen molar-refractivity contribution in [3.8, 4) is 0 Å². The van der Waals surface area contributed by atoms with Crippen molar-refractivity contribution < 1.29 is 13.2 Å². The fourth-order valence-corrected chi connectivity index (χ4v) is 4.11. The third-order valence-corrected chi connectivity index (χ3v) is 5.63. The third kappa shape index (κ3) is 4.91. The van der Waals surface area contributed by atoms with Crippen LogP contribution >= 0.6 is 31.9 Å². The normalized spacial score (nSPS) is 11.3. The maximum Gasteiger partial charge on any atom is 0.241 e. The Hall–Kier alpha value is -0.370. The molecule has 106 valence electrons. The molecule has 0 spiro atoms. The van der Waals surface area contributed by atoms with Gasteiger partial charge in [0, 0.05) is 15.5 Å². The summed E-state index contributed by atoms with van der Waals surface area (Å²) in [5.41, 5.74) is 0.963. The van der Waals surface area contributed by atoms with Gasteiger partial charge in [0.1, 0.15) is 0 Å². The lowest BCUT2D eigenvalue weighted by Crippen LogP contribution is -2.25. The number of halogens is 2. The Morgan fingerprint density at radius 1 is 1.37 bits per heavy atom. The summed E-state index contributed by atoms with van der Waals surface area (Å²) >= 11 is 6.60. The number of sulfonamides is 1. The van der Waals surface area contributed by atoms with E-state index in [0.29, 0.717) is 24.0 Å². The Balaban J connectivity index is 2.77. The predicted molar refractivity (Wildman–Crippen MR) is 82.5 cm³/mol. The number of hydrogen-bond donors (Lipinski definition) is 1.